The molecule has 0 aromatic heterocycles. The number of anilines is 1. The van der Waals surface area contributed by atoms with Crippen molar-refractivity contribution in [1.29, 1.82) is 0 Å². The first-order valence-electron chi connectivity index (χ1n) is 8.34. The zero-order valence-electron chi connectivity index (χ0n) is 15.2. The number of carbonyl (C=O) groups excluding carboxylic acids is 1. The molecule has 0 radical (unpaired) electrons. The van der Waals surface area contributed by atoms with Gasteiger partial charge in [0.25, 0.3) is 0 Å². The molecule has 0 aliphatic heterocycles. The van der Waals surface area contributed by atoms with Crippen LogP contribution in [0, 0.1) is 0 Å². The number of halogens is 1. The number of hydrogen-bond donors (Lipinski definition) is 3. The Morgan fingerprint density at radius 1 is 1.04 bits per heavy atom. The Bertz CT molecular complexity index is 879. The Morgan fingerprint density at radius 2 is 1.59 bits per heavy atom. The standard InChI is InChI=1S/C19H23ClN2O4S/c1-19(2,13-23)21-18(24)11-14-5-9-17(10-6-14)22-27(25,26)12-15-3-7-16(20)8-4-15/h3-10,22-23H,11-13H2,1-2H3,(H,21,24). The number of benzene rings is 2. The van der Waals surface area contributed by atoms with Crippen LogP contribution in [0.15, 0.2) is 48.5 Å². The number of aliphatic hydroxyl groups is 1. The zero-order chi connectivity index (χ0) is 20.1. The molecule has 1 amide bonds. The van der Waals surface area contributed by atoms with Crippen LogP contribution in [0.1, 0.15) is 25.0 Å². The van der Waals surface area contributed by atoms with E-state index in [-0.39, 0.29) is 24.7 Å². The maximum Gasteiger partial charge on any atom is 0.236 e. The van der Waals surface area contributed by atoms with Gasteiger partial charge in [0.05, 0.1) is 24.3 Å². The predicted molar refractivity (Wildman–Crippen MR) is 107 cm³/mol. The van der Waals surface area contributed by atoms with Crippen LogP contribution in [-0.2, 0) is 27.0 Å². The lowest BCUT2D eigenvalue weighted by molar-refractivity contribution is -0.122. The second kappa shape index (κ2) is 8.73. The Balaban J connectivity index is 1.96. The summed E-state index contributed by atoms with van der Waals surface area (Å²) in [7, 11) is -3.56. The summed E-state index contributed by atoms with van der Waals surface area (Å²) < 4.78 is 27.1. The Labute approximate surface area is 164 Å². The fraction of sp³-hybridized carbons (Fsp3) is 0.316. The Hall–Kier alpha value is -2.09. The number of rotatable bonds is 8. The minimum Gasteiger partial charge on any atom is -0.394 e. The van der Waals surface area contributed by atoms with Crippen molar-refractivity contribution in [2.75, 3.05) is 11.3 Å². The van der Waals surface area contributed by atoms with Gasteiger partial charge in [0, 0.05) is 10.7 Å². The maximum absolute atomic E-state index is 12.3. The number of carbonyl (C=O) groups is 1. The minimum absolute atomic E-state index is 0.140. The topological polar surface area (TPSA) is 95.5 Å². The second-order valence-electron chi connectivity index (χ2n) is 6.95. The van der Waals surface area contributed by atoms with E-state index in [4.69, 9.17) is 11.6 Å². The van der Waals surface area contributed by atoms with E-state index in [0.717, 1.165) is 5.56 Å². The van der Waals surface area contributed by atoms with Gasteiger partial charge in [0.1, 0.15) is 0 Å². The largest absolute Gasteiger partial charge is 0.394 e. The summed E-state index contributed by atoms with van der Waals surface area (Å²) in [6.45, 7) is 3.29. The highest BCUT2D eigenvalue weighted by Gasteiger charge is 2.19. The van der Waals surface area contributed by atoms with Crippen molar-refractivity contribution < 1.29 is 18.3 Å². The van der Waals surface area contributed by atoms with E-state index in [1.807, 2.05) is 0 Å². The predicted octanol–water partition coefficient (Wildman–Crippen LogP) is 2.71. The average Bonchev–Trinajstić information content (AvgIpc) is 2.58. The van der Waals surface area contributed by atoms with Crippen LogP contribution in [0.3, 0.4) is 0 Å². The van der Waals surface area contributed by atoms with E-state index < -0.39 is 15.6 Å². The van der Waals surface area contributed by atoms with E-state index in [1.54, 1.807) is 62.4 Å². The van der Waals surface area contributed by atoms with Crippen molar-refractivity contribution in [1.82, 2.24) is 5.32 Å². The second-order valence-corrected chi connectivity index (χ2v) is 9.11. The summed E-state index contributed by atoms with van der Waals surface area (Å²) in [5, 5.41) is 12.5. The van der Waals surface area contributed by atoms with Crippen molar-refractivity contribution in [2.45, 2.75) is 31.6 Å². The van der Waals surface area contributed by atoms with Crippen molar-refractivity contribution in [3.05, 3.63) is 64.7 Å². The van der Waals surface area contributed by atoms with E-state index >= 15 is 0 Å². The van der Waals surface area contributed by atoms with Gasteiger partial charge < -0.3 is 10.4 Å². The van der Waals surface area contributed by atoms with Crippen LogP contribution in [0.2, 0.25) is 5.02 Å². The molecular weight excluding hydrogens is 388 g/mol. The molecule has 0 unspecified atom stereocenters. The number of nitrogens with one attached hydrogen (secondary N) is 2. The summed E-state index contributed by atoms with van der Waals surface area (Å²) in [4.78, 5) is 12.0. The molecule has 6 nitrogen and oxygen atoms in total. The van der Waals surface area contributed by atoms with E-state index in [0.29, 0.717) is 16.3 Å². The summed E-state index contributed by atoms with van der Waals surface area (Å²) in [6.07, 6.45) is 0.140. The monoisotopic (exact) mass is 410 g/mol. The molecule has 0 fully saturated rings. The van der Waals surface area contributed by atoms with Gasteiger partial charge in [0.2, 0.25) is 15.9 Å². The highest BCUT2D eigenvalue weighted by atomic mass is 35.5. The van der Waals surface area contributed by atoms with Crippen LogP contribution < -0.4 is 10.0 Å². The van der Waals surface area contributed by atoms with Gasteiger partial charge in [-0.2, -0.15) is 0 Å². The van der Waals surface area contributed by atoms with Gasteiger partial charge in [-0.1, -0.05) is 35.9 Å². The third-order valence-corrected chi connectivity index (χ3v) is 5.25. The molecule has 0 saturated carbocycles. The molecule has 3 N–H and O–H groups in total. The number of sulfonamides is 1. The molecule has 8 heteroatoms. The number of hydrogen-bond acceptors (Lipinski definition) is 4. The molecule has 146 valence electrons. The first-order valence-corrected chi connectivity index (χ1v) is 10.4. The number of aliphatic hydroxyl groups excluding tert-OH is 1. The molecule has 0 atom stereocenters. The maximum atomic E-state index is 12.3. The molecule has 27 heavy (non-hydrogen) atoms. The van der Waals surface area contributed by atoms with Crippen LogP contribution in [0.25, 0.3) is 0 Å². The third-order valence-electron chi connectivity index (χ3n) is 3.74. The molecule has 0 aliphatic rings. The van der Waals surface area contributed by atoms with Gasteiger partial charge in [-0.05, 0) is 49.2 Å². The van der Waals surface area contributed by atoms with Gasteiger partial charge in [-0.3, -0.25) is 9.52 Å². The summed E-state index contributed by atoms with van der Waals surface area (Å²) in [5.41, 5.74) is 1.10. The average molecular weight is 411 g/mol. The molecule has 0 bridgehead atoms. The molecule has 2 aromatic rings. The Morgan fingerprint density at radius 3 is 2.15 bits per heavy atom. The van der Waals surface area contributed by atoms with Crippen molar-refractivity contribution in [3.8, 4) is 0 Å². The van der Waals surface area contributed by atoms with E-state index in [2.05, 4.69) is 10.0 Å². The lowest BCUT2D eigenvalue weighted by atomic mass is 10.1. The number of amides is 1. The summed E-state index contributed by atoms with van der Waals surface area (Å²) >= 11 is 5.80. The van der Waals surface area contributed by atoms with Crippen LogP contribution >= 0.6 is 11.6 Å². The third kappa shape index (κ3) is 7.21. The molecule has 2 aromatic carbocycles. The van der Waals surface area contributed by atoms with E-state index in [1.165, 1.54) is 0 Å². The molecule has 0 saturated heterocycles. The van der Waals surface area contributed by atoms with Crippen molar-refractivity contribution >= 4 is 33.2 Å². The lowest BCUT2D eigenvalue weighted by Crippen LogP contribution is -2.46. The van der Waals surface area contributed by atoms with Crippen molar-refractivity contribution in [2.24, 2.45) is 0 Å². The van der Waals surface area contributed by atoms with Crippen LogP contribution in [-0.4, -0.2) is 31.6 Å². The van der Waals surface area contributed by atoms with Gasteiger partial charge >= 0.3 is 0 Å². The molecule has 2 rings (SSSR count). The van der Waals surface area contributed by atoms with Crippen molar-refractivity contribution in [3.63, 3.8) is 0 Å². The van der Waals surface area contributed by atoms with Gasteiger partial charge in [-0.15, -0.1) is 0 Å². The zero-order valence-corrected chi connectivity index (χ0v) is 16.8. The first kappa shape index (κ1) is 21.2. The fourth-order valence-corrected chi connectivity index (χ4v) is 3.68. The van der Waals surface area contributed by atoms with E-state index in [9.17, 15) is 18.3 Å². The van der Waals surface area contributed by atoms with Crippen LogP contribution in [0.4, 0.5) is 5.69 Å². The Kier molecular flexibility index (Phi) is 6.86. The lowest BCUT2D eigenvalue weighted by Gasteiger charge is -2.23. The smallest absolute Gasteiger partial charge is 0.236 e. The molecule has 0 spiro atoms. The highest BCUT2D eigenvalue weighted by Crippen LogP contribution is 2.16. The van der Waals surface area contributed by atoms with Gasteiger partial charge in [-0.25, -0.2) is 8.42 Å². The van der Waals surface area contributed by atoms with Crippen LogP contribution in [0.5, 0.6) is 0 Å². The summed E-state index contributed by atoms with van der Waals surface area (Å²) in [5.74, 6) is -0.380. The normalized spacial score (nSPS) is 11.9. The molecule has 0 heterocycles. The fourth-order valence-electron chi connectivity index (χ4n) is 2.35. The van der Waals surface area contributed by atoms with Gasteiger partial charge in [0.15, 0.2) is 0 Å². The quantitative estimate of drug-likeness (QED) is 0.623. The SMILES string of the molecule is CC(C)(CO)NC(=O)Cc1ccc(NS(=O)(=O)Cc2ccc(Cl)cc2)cc1. The minimum atomic E-state index is -3.56. The first-order chi connectivity index (χ1) is 12.6. The summed E-state index contributed by atoms with van der Waals surface area (Å²) in [6, 6.07) is 13.2. The molecular formula is C19H23ClN2O4S. The highest BCUT2D eigenvalue weighted by molar-refractivity contribution is 7.91. The molecule has 0 aliphatic carbocycles.